The van der Waals surface area contributed by atoms with E-state index in [1.54, 1.807) is 0 Å². The molecule has 0 aromatic heterocycles. The van der Waals surface area contributed by atoms with E-state index in [4.69, 9.17) is 5.11 Å². The number of carboxylic acid groups (broad SMARTS) is 1. The van der Waals surface area contributed by atoms with E-state index in [9.17, 15) is 14.4 Å². The van der Waals surface area contributed by atoms with E-state index in [0.29, 0.717) is 32.2 Å². The normalized spacial score (nSPS) is 29.2. The van der Waals surface area contributed by atoms with Crippen LogP contribution in [0.2, 0.25) is 0 Å². The van der Waals surface area contributed by atoms with Gasteiger partial charge in [-0.05, 0) is 19.3 Å². The first-order chi connectivity index (χ1) is 7.59. The van der Waals surface area contributed by atoms with E-state index < -0.39 is 18.1 Å². The highest BCUT2D eigenvalue weighted by Crippen LogP contribution is 2.20. The summed E-state index contributed by atoms with van der Waals surface area (Å²) >= 11 is 0. The summed E-state index contributed by atoms with van der Waals surface area (Å²) in [5.74, 6) is -1.35. The molecule has 0 saturated carbocycles. The zero-order chi connectivity index (χ0) is 11.7. The highest BCUT2D eigenvalue weighted by Gasteiger charge is 2.39. The molecule has 16 heavy (non-hydrogen) atoms. The lowest BCUT2D eigenvalue weighted by atomic mass is 10.1. The van der Waals surface area contributed by atoms with Gasteiger partial charge in [-0.25, -0.2) is 4.79 Å². The van der Waals surface area contributed by atoms with Crippen LogP contribution < -0.4 is 5.32 Å². The van der Waals surface area contributed by atoms with Crippen LogP contribution in [0, 0.1) is 0 Å². The molecular weight excluding hydrogens is 212 g/mol. The number of amides is 2. The number of hydrogen-bond donors (Lipinski definition) is 2. The van der Waals surface area contributed by atoms with E-state index in [1.165, 1.54) is 4.90 Å². The van der Waals surface area contributed by atoms with Crippen LogP contribution in [-0.4, -0.2) is 46.4 Å². The van der Waals surface area contributed by atoms with Crippen molar-refractivity contribution in [2.75, 3.05) is 6.54 Å². The van der Waals surface area contributed by atoms with Crippen molar-refractivity contribution in [1.29, 1.82) is 0 Å². The summed E-state index contributed by atoms with van der Waals surface area (Å²) in [6.45, 7) is 0.474. The van der Waals surface area contributed by atoms with Gasteiger partial charge in [0.1, 0.15) is 12.1 Å². The zero-order valence-corrected chi connectivity index (χ0v) is 8.81. The first-order valence-electron chi connectivity index (χ1n) is 5.42. The van der Waals surface area contributed by atoms with E-state index in [2.05, 4.69) is 5.32 Å². The van der Waals surface area contributed by atoms with Crippen LogP contribution in [0.5, 0.6) is 0 Å². The second kappa shape index (κ2) is 4.11. The predicted octanol–water partition coefficient (Wildman–Crippen LogP) is -0.659. The summed E-state index contributed by atoms with van der Waals surface area (Å²) in [5, 5.41) is 11.5. The fourth-order valence-corrected chi connectivity index (χ4v) is 2.29. The summed E-state index contributed by atoms with van der Waals surface area (Å²) in [5.41, 5.74) is 0. The number of carboxylic acids is 1. The van der Waals surface area contributed by atoms with Crippen LogP contribution in [0.1, 0.15) is 25.7 Å². The summed E-state index contributed by atoms with van der Waals surface area (Å²) in [6, 6.07) is -1.24. The Kier molecular flexibility index (Phi) is 2.80. The second-order valence-electron chi connectivity index (χ2n) is 4.19. The average Bonchev–Trinajstić information content (AvgIpc) is 2.84. The molecule has 6 nitrogen and oxygen atoms in total. The monoisotopic (exact) mass is 226 g/mol. The summed E-state index contributed by atoms with van der Waals surface area (Å²) < 4.78 is 0. The molecule has 2 fully saturated rings. The molecule has 2 atom stereocenters. The van der Waals surface area contributed by atoms with E-state index in [0.717, 1.165) is 0 Å². The molecule has 0 spiro atoms. The van der Waals surface area contributed by atoms with Crippen LogP contribution in [-0.2, 0) is 14.4 Å². The number of likely N-dealkylation sites (tertiary alicyclic amines) is 1. The Hall–Kier alpha value is -1.59. The molecule has 0 radical (unpaired) electrons. The number of carbonyl (C=O) groups excluding carboxylic acids is 2. The Morgan fingerprint density at radius 2 is 2.12 bits per heavy atom. The van der Waals surface area contributed by atoms with Crippen LogP contribution in [0.25, 0.3) is 0 Å². The van der Waals surface area contributed by atoms with Gasteiger partial charge in [0.25, 0.3) is 0 Å². The van der Waals surface area contributed by atoms with Crippen LogP contribution >= 0.6 is 0 Å². The first-order valence-corrected chi connectivity index (χ1v) is 5.42. The number of nitrogens with zero attached hydrogens (tertiary/aromatic N) is 1. The van der Waals surface area contributed by atoms with Gasteiger partial charge in [-0.15, -0.1) is 0 Å². The maximum absolute atomic E-state index is 12.0. The molecule has 2 rings (SSSR count). The lowest BCUT2D eigenvalue weighted by Gasteiger charge is -2.24. The summed E-state index contributed by atoms with van der Waals surface area (Å²) in [4.78, 5) is 35.2. The minimum Gasteiger partial charge on any atom is -0.480 e. The van der Waals surface area contributed by atoms with Crippen molar-refractivity contribution in [3.05, 3.63) is 0 Å². The van der Waals surface area contributed by atoms with Crippen LogP contribution in [0.3, 0.4) is 0 Å². The van der Waals surface area contributed by atoms with Gasteiger partial charge in [0.2, 0.25) is 11.8 Å². The average molecular weight is 226 g/mol. The zero-order valence-electron chi connectivity index (χ0n) is 8.81. The predicted molar refractivity (Wildman–Crippen MR) is 53.5 cm³/mol. The van der Waals surface area contributed by atoms with Crippen molar-refractivity contribution >= 4 is 17.8 Å². The summed E-state index contributed by atoms with van der Waals surface area (Å²) in [6.07, 6.45) is 2.04. The Balaban J connectivity index is 2.03. The van der Waals surface area contributed by atoms with Crippen molar-refractivity contribution in [2.24, 2.45) is 0 Å². The molecule has 2 heterocycles. The van der Waals surface area contributed by atoms with E-state index >= 15 is 0 Å². The molecule has 2 saturated heterocycles. The van der Waals surface area contributed by atoms with Crippen LogP contribution in [0.4, 0.5) is 0 Å². The maximum Gasteiger partial charge on any atom is 0.326 e. The molecule has 0 aromatic carbocycles. The third kappa shape index (κ3) is 1.87. The third-order valence-corrected chi connectivity index (χ3v) is 3.11. The van der Waals surface area contributed by atoms with Crippen molar-refractivity contribution in [2.45, 2.75) is 37.8 Å². The van der Waals surface area contributed by atoms with Crippen molar-refractivity contribution in [1.82, 2.24) is 10.2 Å². The topological polar surface area (TPSA) is 86.7 Å². The highest BCUT2D eigenvalue weighted by molar-refractivity contribution is 5.93. The number of carbonyl (C=O) groups is 3. The van der Waals surface area contributed by atoms with Gasteiger partial charge in [0.15, 0.2) is 0 Å². The van der Waals surface area contributed by atoms with Crippen molar-refractivity contribution in [3.8, 4) is 0 Å². The van der Waals surface area contributed by atoms with Gasteiger partial charge >= 0.3 is 5.97 Å². The van der Waals surface area contributed by atoms with Gasteiger partial charge in [-0.3, -0.25) is 9.59 Å². The van der Waals surface area contributed by atoms with Gasteiger partial charge in [0, 0.05) is 13.0 Å². The number of nitrogens with one attached hydrogen (secondary N) is 1. The molecule has 6 heteroatoms. The molecule has 0 aromatic rings. The minimum atomic E-state index is -0.963. The molecule has 0 aliphatic carbocycles. The van der Waals surface area contributed by atoms with E-state index in [1.807, 2.05) is 0 Å². The Labute approximate surface area is 92.6 Å². The highest BCUT2D eigenvalue weighted by atomic mass is 16.4. The molecule has 88 valence electrons. The fraction of sp³-hybridized carbons (Fsp3) is 0.700. The van der Waals surface area contributed by atoms with Crippen molar-refractivity contribution < 1.29 is 19.5 Å². The first kappa shape index (κ1) is 10.9. The lowest BCUT2D eigenvalue weighted by Crippen LogP contribution is -2.48. The largest absolute Gasteiger partial charge is 0.480 e. The second-order valence-corrected chi connectivity index (χ2v) is 4.19. The van der Waals surface area contributed by atoms with Gasteiger partial charge in [0.05, 0.1) is 0 Å². The Morgan fingerprint density at radius 3 is 2.69 bits per heavy atom. The lowest BCUT2D eigenvalue weighted by molar-refractivity contribution is -0.149. The quantitative estimate of drug-likeness (QED) is 0.654. The Morgan fingerprint density at radius 1 is 1.38 bits per heavy atom. The number of hydrogen-bond acceptors (Lipinski definition) is 3. The van der Waals surface area contributed by atoms with E-state index in [-0.39, 0.29) is 11.8 Å². The minimum absolute atomic E-state index is 0.135. The van der Waals surface area contributed by atoms with Crippen LogP contribution in [0.15, 0.2) is 0 Å². The van der Waals surface area contributed by atoms with Crippen molar-refractivity contribution in [3.63, 3.8) is 0 Å². The molecule has 2 amide bonds. The molecule has 2 aliphatic heterocycles. The Bertz CT molecular complexity index is 342. The summed E-state index contributed by atoms with van der Waals surface area (Å²) in [7, 11) is 0. The van der Waals surface area contributed by atoms with Gasteiger partial charge < -0.3 is 15.3 Å². The third-order valence-electron chi connectivity index (χ3n) is 3.11. The molecule has 2 N–H and O–H groups in total. The maximum atomic E-state index is 12.0. The van der Waals surface area contributed by atoms with Gasteiger partial charge in [-0.1, -0.05) is 0 Å². The molecule has 2 aliphatic rings. The smallest absolute Gasteiger partial charge is 0.326 e. The standard InChI is InChI=1S/C10H14N2O4/c13-8-4-3-6(11-8)9(14)12-5-1-2-7(12)10(15)16/h6-7H,1-5H2,(H,11,13)(H,15,16)/t6-,7+/m0/s1. The fourth-order valence-electron chi connectivity index (χ4n) is 2.29. The number of aliphatic carboxylic acids is 1. The molecule has 0 unspecified atom stereocenters. The number of rotatable bonds is 2. The molecule has 0 bridgehead atoms. The molecular formula is C10H14N2O4. The SMILES string of the molecule is O=C1CC[C@@H](C(=O)N2CCC[C@@H]2C(=O)O)N1. The van der Waals surface area contributed by atoms with Gasteiger partial charge in [-0.2, -0.15) is 0 Å².